The van der Waals surface area contributed by atoms with Gasteiger partial charge in [0.15, 0.2) is 5.78 Å². The Hall–Kier alpha value is -6.11. The Labute approximate surface area is 343 Å². The molecule has 3 amide bonds. The lowest BCUT2D eigenvalue weighted by atomic mass is 9.92. The van der Waals surface area contributed by atoms with E-state index in [1.807, 2.05) is 26.0 Å². The fourth-order valence-corrected chi connectivity index (χ4v) is 8.83. The molecule has 3 aliphatic rings. The van der Waals surface area contributed by atoms with E-state index in [0.29, 0.717) is 31.1 Å². The fourth-order valence-electron chi connectivity index (χ4n) is 8.83. The third-order valence-corrected chi connectivity index (χ3v) is 11.9. The van der Waals surface area contributed by atoms with Crippen molar-refractivity contribution in [3.05, 3.63) is 94.6 Å². The summed E-state index contributed by atoms with van der Waals surface area (Å²) in [6, 6.07) is 16.8. The zero-order valence-corrected chi connectivity index (χ0v) is 33.8. The first-order valence-corrected chi connectivity index (χ1v) is 21.0. The molecule has 13 heteroatoms. The number of pyridine rings is 1. The van der Waals surface area contributed by atoms with E-state index in [9.17, 15) is 24.0 Å². The van der Waals surface area contributed by atoms with E-state index in [1.165, 1.54) is 19.3 Å². The number of imide groups is 1. The Morgan fingerprint density at radius 2 is 1.69 bits per heavy atom. The van der Waals surface area contributed by atoms with Gasteiger partial charge in [0.2, 0.25) is 5.91 Å². The molecule has 5 aromatic rings. The van der Waals surface area contributed by atoms with E-state index >= 15 is 0 Å². The van der Waals surface area contributed by atoms with Gasteiger partial charge in [-0.3, -0.25) is 33.3 Å². The SMILES string of the molecule is Cc1noc(C)c1-c1ccn2c(NC3CCCCC3)c(CCc3ccc(NC(=O)CCCCCNc4cccc5c4C(=O)N(C4CCC(=O)CC4=O)C5=O)cc3)nc2c1. The molecule has 2 aliphatic carbocycles. The number of benzene rings is 2. The lowest BCUT2D eigenvalue weighted by Gasteiger charge is -2.27. The normalized spacial score (nSPS) is 17.2. The van der Waals surface area contributed by atoms with Crippen molar-refractivity contribution in [3.63, 3.8) is 0 Å². The Balaban J connectivity index is 0.810. The summed E-state index contributed by atoms with van der Waals surface area (Å²) in [6.45, 7) is 4.44. The zero-order chi connectivity index (χ0) is 41.0. The minimum Gasteiger partial charge on any atom is -0.384 e. The number of amides is 3. The highest BCUT2D eigenvalue weighted by Gasteiger charge is 2.45. The van der Waals surface area contributed by atoms with Crippen LogP contribution in [0.15, 0.2) is 65.3 Å². The van der Waals surface area contributed by atoms with Gasteiger partial charge in [0.1, 0.15) is 23.0 Å². The molecule has 2 aromatic carbocycles. The maximum absolute atomic E-state index is 13.4. The van der Waals surface area contributed by atoms with Crippen molar-refractivity contribution in [2.75, 3.05) is 22.5 Å². The van der Waals surface area contributed by atoms with Crippen LogP contribution in [0.25, 0.3) is 16.8 Å². The number of hydrogen-bond acceptors (Lipinski definition) is 10. The monoisotopic (exact) mass is 797 g/mol. The molecule has 1 aliphatic heterocycles. The van der Waals surface area contributed by atoms with Crippen LogP contribution in [0.5, 0.6) is 0 Å². The molecule has 2 saturated carbocycles. The van der Waals surface area contributed by atoms with Gasteiger partial charge in [-0.2, -0.15) is 0 Å². The quantitative estimate of drug-likeness (QED) is 0.0536. The molecule has 2 fully saturated rings. The van der Waals surface area contributed by atoms with Crippen LogP contribution in [-0.4, -0.2) is 67.4 Å². The number of unbranched alkanes of at least 4 members (excludes halogenated alkanes) is 2. The second-order valence-electron chi connectivity index (χ2n) is 16.2. The van der Waals surface area contributed by atoms with Gasteiger partial charge in [-0.1, -0.05) is 49.0 Å². The van der Waals surface area contributed by atoms with Crippen LogP contribution in [-0.2, 0) is 27.2 Å². The summed E-state index contributed by atoms with van der Waals surface area (Å²) < 4.78 is 7.61. The van der Waals surface area contributed by atoms with Crippen molar-refractivity contribution in [3.8, 4) is 11.1 Å². The number of nitrogens with zero attached hydrogens (tertiary/aromatic N) is 4. The number of carbonyl (C=O) groups excluding carboxylic acids is 5. The molecule has 0 radical (unpaired) electrons. The molecule has 1 unspecified atom stereocenters. The molecule has 13 nitrogen and oxygen atoms in total. The molecule has 306 valence electrons. The van der Waals surface area contributed by atoms with Gasteiger partial charge in [0.25, 0.3) is 11.8 Å². The molecule has 1 atom stereocenters. The Morgan fingerprint density at radius 1 is 0.881 bits per heavy atom. The molecule has 4 heterocycles. The van der Waals surface area contributed by atoms with Crippen LogP contribution >= 0.6 is 0 Å². The smallest absolute Gasteiger partial charge is 0.264 e. The van der Waals surface area contributed by atoms with Crippen molar-refractivity contribution < 1.29 is 28.5 Å². The summed E-state index contributed by atoms with van der Waals surface area (Å²) >= 11 is 0. The van der Waals surface area contributed by atoms with Gasteiger partial charge in [0, 0.05) is 48.6 Å². The number of aryl methyl sites for hydroxylation is 4. The molecular weight excluding hydrogens is 747 g/mol. The standard InChI is InChI=1S/C46H51N7O6/c1-28-42(29(2)59-51-28)31-23-25-52-40(26-31)50-37(44(52)49-32-10-5-3-6-11-32)21-17-30-15-18-33(19-16-30)48-41(56)14-7-4-8-24-47-36-13-9-12-35-43(36)46(58)53(45(35)57)38-22-20-34(54)27-39(38)55/h9,12-13,15-16,18-19,23,25-26,32,38,47,49H,3-8,10-11,14,17,20-22,24,27H2,1-2H3,(H,48,56). The number of aromatic nitrogens is 3. The number of anilines is 3. The minimum atomic E-state index is -0.899. The van der Waals surface area contributed by atoms with Crippen molar-refractivity contribution in [2.45, 2.75) is 116 Å². The summed E-state index contributed by atoms with van der Waals surface area (Å²) in [7, 11) is 0. The minimum absolute atomic E-state index is 0.0474. The number of nitrogens with one attached hydrogen (secondary N) is 3. The second kappa shape index (κ2) is 17.4. The summed E-state index contributed by atoms with van der Waals surface area (Å²) in [5.74, 6) is 0.264. The molecule has 0 saturated heterocycles. The Morgan fingerprint density at radius 3 is 2.46 bits per heavy atom. The van der Waals surface area contributed by atoms with Gasteiger partial charge < -0.3 is 20.5 Å². The Kier molecular flexibility index (Phi) is 11.7. The van der Waals surface area contributed by atoms with E-state index in [-0.39, 0.29) is 47.9 Å². The molecule has 0 spiro atoms. The first kappa shape index (κ1) is 39.7. The second-order valence-corrected chi connectivity index (χ2v) is 16.2. The van der Waals surface area contributed by atoms with E-state index < -0.39 is 17.9 Å². The number of imidazole rings is 1. The highest BCUT2D eigenvalue weighted by Crippen LogP contribution is 2.34. The van der Waals surface area contributed by atoms with Crippen molar-refractivity contribution >= 4 is 52.1 Å². The van der Waals surface area contributed by atoms with E-state index in [1.54, 1.807) is 18.2 Å². The van der Waals surface area contributed by atoms with Gasteiger partial charge in [-0.05, 0) is 106 Å². The average molecular weight is 798 g/mol. The molecular formula is C46H51N7O6. The van der Waals surface area contributed by atoms with Crippen molar-refractivity contribution in [2.24, 2.45) is 0 Å². The predicted octanol–water partition coefficient (Wildman–Crippen LogP) is 8.03. The van der Waals surface area contributed by atoms with E-state index in [2.05, 4.69) is 56.0 Å². The van der Waals surface area contributed by atoms with E-state index in [0.717, 1.165) is 94.4 Å². The van der Waals surface area contributed by atoms with E-state index in [4.69, 9.17) is 9.51 Å². The Bertz CT molecular complexity index is 2390. The summed E-state index contributed by atoms with van der Waals surface area (Å²) in [5.41, 5.74) is 7.83. The lowest BCUT2D eigenvalue weighted by molar-refractivity contribution is -0.132. The van der Waals surface area contributed by atoms with Gasteiger partial charge in [-0.25, -0.2) is 4.98 Å². The van der Waals surface area contributed by atoms with Crippen LogP contribution in [0.2, 0.25) is 0 Å². The fraction of sp³-hybridized carbons (Fsp3) is 0.413. The van der Waals surface area contributed by atoms with Crippen LogP contribution in [0, 0.1) is 13.8 Å². The average Bonchev–Trinajstić information content (AvgIpc) is 3.84. The number of hydrogen-bond donors (Lipinski definition) is 3. The van der Waals surface area contributed by atoms with Crippen LogP contribution in [0.1, 0.15) is 120 Å². The maximum Gasteiger partial charge on any atom is 0.264 e. The number of Topliss-reactive ketones (excluding diaryl/α,β-unsaturated/α-hetero) is 2. The highest BCUT2D eigenvalue weighted by molar-refractivity contribution is 6.25. The molecule has 59 heavy (non-hydrogen) atoms. The van der Waals surface area contributed by atoms with Crippen LogP contribution in [0.3, 0.4) is 0 Å². The maximum atomic E-state index is 13.4. The lowest BCUT2D eigenvalue weighted by Crippen LogP contribution is -2.47. The molecule has 8 rings (SSSR count). The molecule has 3 aromatic heterocycles. The number of rotatable bonds is 15. The van der Waals surface area contributed by atoms with Gasteiger partial charge >= 0.3 is 0 Å². The number of ketones is 2. The summed E-state index contributed by atoms with van der Waals surface area (Å²) in [4.78, 5) is 69.7. The van der Waals surface area contributed by atoms with Crippen molar-refractivity contribution in [1.82, 2.24) is 19.4 Å². The summed E-state index contributed by atoms with van der Waals surface area (Å²) in [6.07, 6.45) is 12.5. The van der Waals surface area contributed by atoms with Gasteiger partial charge in [-0.15, -0.1) is 0 Å². The topological polar surface area (TPSA) is 168 Å². The van der Waals surface area contributed by atoms with Crippen LogP contribution in [0.4, 0.5) is 17.2 Å². The zero-order valence-electron chi connectivity index (χ0n) is 33.8. The van der Waals surface area contributed by atoms with Crippen LogP contribution < -0.4 is 16.0 Å². The third-order valence-electron chi connectivity index (χ3n) is 11.9. The van der Waals surface area contributed by atoms with Crippen molar-refractivity contribution in [1.29, 1.82) is 0 Å². The van der Waals surface area contributed by atoms with Gasteiger partial charge in [0.05, 0.1) is 35.0 Å². The predicted molar refractivity (Wildman–Crippen MR) is 225 cm³/mol. The molecule has 0 bridgehead atoms. The largest absolute Gasteiger partial charge is 0.384 e. The molecule has 3 N–H and O–H groups in total. The first-order valence-electron chi connectivity index (χ1n) is 21.0. The highest BCUT2D eigenvalue weighted by atomic mass is 16.5. The third kappa shape index (κ3) is 8.55. The number of fused-ring (bicyclic) bond motifs is 2. The number of carbonyl (C=O) groups is 5. The first-order chi connectivity index (χ1) is 28.6. The summed E-state index contributed by atoms with van der Waals surface area (Å²) in [5, 5.41) is 14.3.